The topological polar surface area (TPSA) is 40.5 Å². The van der Waals surface area contributed by atoms with Crippen LogP contribution < -0.4 is 0 Å². The maximum Gasteiger partial charge on any atom is 0.124 e. The smallest absolute Gasteiger partial charge is 0.124 e. The summed E-state index contributed by atoms with van der Waals surface area (Å²) in [5.41, 5.74) is 1.35. The summed E-state index contributed by atoms with van der Waals surface area (Å²) in [7, 11) is 0. The van der Waals surface area contributed by atoms with Gasteiger partial charge in [0.05, 0.1) is 0 Å². The first-order valence-corrected chi connectivity index (χ1v) is 7.17. The Morgan fingerprint density at radius 3 is 1.30 bits per heavy atom. The third-order valence-corrected chi connectivity index (χ3v) is 4.06. The molecule has 0 bridgehead atoms. The van der Waals surface area contributed by atoms with Crippen molar-refractivity contribution in [2.24, 2.45) is 0 Å². The molecule has 0 unspecified atom stereocenters. The van der Waals surface area contributed by atoms with Crippen molar-refractivity contribution < 1.29 is 10.2 Å². The second-order valence-corrected chi connectivity index (χ2v) is 5.36. The Bertz CT molecular complexity index is 920. The van der Waals surface area contributed by atoms with Crippen LogP contribution in [0, 0.1) is 0 Å². The van der Waals surface area contributed by atoms with Crippen molar-refractivity contribution >= 4 is 21.5 Å². The standard InChI is InChI=1S/C20H14O2.CH4/c21-17-11-9-13-5-1-3-7-15(13)19(17)20-16-8-4-2-6-14(16)10-12-18(20)22;/h1-12,21-22H;1H4. The number of aromatic hydroxyl groups is 2. The molecule has 0 aliphatic carbocycles. The fraction of sp³-hybridized carbons (Fsp3) is 0.0476. The first-order valence-electron chi connectivity index (χ1n) is 7.17. The van der Waals surface area contributed by atoms with Crippen LogP contribution in [0.3, 0.4) is 0 Å². The summed E-state index contributed by atoms with van der Waals surface area (Å²) in [6, 6.07) is 22.9. The summed E-state index contributed by atoms with van der Waals surface area (Å²) in [5, 5.41) is 24.8. The average molecular weight is 302 g/mol. The molecule has 0 saturated carbocycles. The summed E-state index contributed by atoms with van der Waals surface area (Å²) in [6.07, 6.45) is 0. The van der Waals surface area contributed by atoms with E-state index in [1.54, 1.807) is 12.1 Å². The van der Waals surface area contributed by atoms with Gasteiger partial charge in [0.2, 0.25) is 0 Å². The Kier molecular flexibility index (Phi) is 3.67. The Balaban J connectivity index is 0.00000156. The maximum atomic E-state index is 10.4. The lowest BCUT2D eigenvalue weighted by molar-refractivity contribution is 0.470. The van der Waals surface area contributed by atoms with Crippen LogP contribution >= 0.6 is 0 Å². The van der Waals surface area contributed by atoms with E-state index in [4.69, 9.17) is 0 Å². The molecular weight excluding hydrogens is 284 g/mol. The van der Waals surface area contributed by atoms with Crippen molar-refractivity contribution in [2.45, 2.75) is 7.43 Å². The summed E-state index contributed by atoms with van der Waals surface area (Å²) in [4.78, 5) is 0. The van der Waals surface area contributed by atoms with Crippen LogP contribution in [0.4, 0.5) is 0 Å². The van der Waals surface area contributed by atoms with Crippen LogP contribution in [-0.4, -0.2) is 10.2 Å². The molecule has 2 nitrogen and oxygen atoms in total. The third kappa shape index (κ3) is 2.29. The second kappa shape index (κ2) is 5.65. The van der Waals surface area contributed by atoms with Gasteiger partial charge in [-0.1, -0.05) is 68.1 Å². The van der Waals surface area contributed by atoms with Crippen molar-refractivity contribution in [3.63, 3.8) is 0 Å². The number of phenols is 2. The van der Waals surface area contributed by atoms with Crippen molar-refractivity contribution in [2.75, 3.05) is 0 Å². The van der Waals surface area contributed by atoms with Crippen molar-refractivity contribution in [3.05, 3.63) is 72.8 Å². The molecule has 4 aromatic carbocycles. The molecule has 2 heteroatoms. The van der Waals surface area contributed by atoms with Crippen LogP contribution in [0.15, 0.2) is 72.8 Å². The molecule has 0 atom stereocenters. The number of phenolic OH excluding ortho intramolecular Hbond substituents is 2. The van der Waals surface area contributed by atoms with Gasteiger partial charge in [0, 0.05) is 11.1 Å². The lowest BCUT2D eigenvalue weighted by Gasteiger charge is -2.14. The van der Waals surface area contributed by atoms with E-state index in [-0.39, 0.29) is 18.9 Å². The van der Waals surface area contributed by atoms with Crippen LogP contribution in [0.5, 0.6) is 11.5 Å². The number of rotatable bonds is 1. The predicted octanol–water partition coefficient (Wildman–Crippen LogP) is 5.71. The second-order valence-electron chi connectivity index (χ2n) is 5.36. The predicted molar refractivity (Wildman–Crippen MR) is 97.0 cm³/mol. The largest absolute Gasteiger partial charge is 0.507 e. The molecule has 0 fully saturated rings. The molecule has 114 valence electrons. The minimum absolute atomic E-state index is 0. The molecule has 0 heterocycles. The Hall–Kier alpha value is -3.00. The Morgan fingerprint density at radius 1 is 0.478 bits per heavy atom. The summed E-state index contributed by atoms with van der Waals surface area (Å²) in [5.74, 6) is 0.343. The number of benzene rings is 4. The lowest BCUT2D eigenvalue weighted by Crippen LogP contribution is -1.86. The number of hydrogen-bond acceptors (Lipinski definition) is 2. The van der Waals surface area contributed by atoms with E-state index >= 15 is 0 Å². The van der Waals surface area contributed by atoms with Gasteiger partial charge < -0.3 is 10.2 Å². The fourth-order valence-electron chi connectivity index (χ4n) is 3.05. The lowest BCUT2D eigenvalue weighted by atomic mass is 9.92. The zero-order chi connectivity index (χ0) is 15.1. The van der Waals surface area contributed by atoms with Gasteiger partial charge in [-0.15, -0.1) is 0 Å². The molecule has 0 aromatic heterocycles. The molecule has 0 aliphatic heterocycles. The summed E-state index contributed by atoms with van der Waals surface area (Å²) >= 11 is 0. The van der Waals surface area contributed by atoms with Gasteiger partial charge in [0.1, 0.15) is 11.5 Å². The van der Waals surface area contributed by atoms with Gasteiger partial charge in [-0.3, -0.25) is 0 Å². The highest BCUT2D eigenvalue weighted by atomic mass is 16.3. The number of hydrogen-bond donors (Lipinski definition) is 2. The van der Waals surface area contributed by atoms with E-state index < -0.39 is 0 Å². The van der Waals surface area contributed by atoms with E-state index in [0.717, 1.165) is 21.5 Å². The first-order chi connectivity index (χ1) is 10.8. The monoisotopic (exact) mass is 302 g/mol. The van der Waals surface area contributed by atoms with Crippen LogP contribution in [0.25, 0.3) is 32.7 Å². The maximum absolute atomic E-state index is 10.4. The van der Waals surface area contributed by atoms with Crippen LogP contribution in [-0.2, 0) is 0 Å². The van der Waals surface area contributed by atoms with Crippen LogP contribution in [0.1, 0.15) is 7.43 Å². The van der Waals surface area contributed by atoms with Gasteiger partial charge in [0.15, 0.2) is 0 Å². The zero-order valence-electron chi connectivity index (χ0n) is 11.8. The SMILES string of the molecule is C.Oc1ccc2ccccc2c1-c1c(O)ccc2ccccc12. The molecular formula is C21H18O2. The molecule has 0 radical (unpaired) electrons. The molecule has 23 heavy (non-hydrogen) atoms. The van der Waals surface area contributed by atoms with Gasteiger partial charge in [-0.2, -0.15) is 0 Å². The van der Waals surface area contributed by atoms with Crippen molar-refractivity contribution in [1.29, 1.82) is 0 Å². The fourth-order valence-corrected chi connectivity index (χ4v) is 3.05. The molecule has 0 aliphatic rings. The summed E-state index contributed by atoms with van der Waals surface area (Å²) < 4.78 is 0. The zero-order valence-corrected chi connectivity index (χ0v) is 11.8. The molecule has 4 aromatic rings. The molecule has 0 spiro atoms. The van der Waals surface area contributed by atoms with E-state index in [2.05, 4.69) is 0 Å². The molecule has 0 amide bonds. The quantitative estimate of drug-likeness (QED) is 0.473. The highest BCUT2D eigenvalue weighted by Crippen LogP contribution is 2.44. The highest BCUT2D eigenvalue weighted by molar-refractivity contribution is 6.09. The third-order valence-electron chi connectivity index (χ3n) is 4.06. The highest BCUT2D eigenvalue weighted by Gasteiger charge is 2.16. The van der Waals surface area contributed by atoms with Crippen LogP contribution in [0.2, 0.25) is 0 Å². The Labute approximate surface area is 135 Å². The normalized spacial score (nSPS) is 10.6. The van der Waals surface area contributed by atoms with Crippen molar-refractivity contribution in [1.82, 2.24) is 0 Å². The molecule has 0 saturated heterocycles. The summed E-state index contributed by atoms with van der Waals surface area (Å²) in [6.45, 7) is 0. The van der Waals surface area contributed by atoms with E-state index in [9.17, 15) is 10.2 Å². The minimum Gasteiger partial charge on any atom is -0.507 e. The Morgan fingerprint density at radius 2 is 0.870 bits per heavy atom. The molecule has 2 N–H and O–H groups in total. The van der Waals surface area contributed by atoms with Crippen molar-refractivity contribution in [3.8, 4) is 22.6 Å². The van der Waals surface area contributed by atoms with E-state index in [1.807, 2.05) is 60.7 Å². The van der Waals surface area contributed by atoms with Gasteiger partial charge in [-0.05, 0) is 33.7 Å². The van der Waals surface area contributed by atoms with Gasteiger partial charge >= 0.3 is 0 Å². The first kappa shape index (κ1) is 14.9. The average Bonchev–Trinajstić information content (AvgIpc) is 2.56. The molecule has 4 rings (SSSR count). The number of fused-ring (bicyclic) bond motifs is 2. The minimum atomic E-state index is 0. The van der Waals surface area contributed by atoms with Gasteiger partial charge in [0.25, 0.3) is 0 Å². The van der Waals surface area contributed by atoms with E-state index in [0.29, 0.717) is 11.1 Å². The van der Waals surface area contributed by atoms with Gasteiger partial charge in [-0.25, -0.2) is 0 Å². The van der Waals surface area contributed by atoms with E-state index in [1.165, 1.54) is 0 Å².